The highest BCUT2D eigenvalue weighted by molar-refractivity contribution is 7.61. The maximum absolute atomic E-state index is 12.4. The predicted octanol–water partition coefficient (Wildman–Crippen LogP) is 1.07. The quantitative estimate of drug-likeness (QED) is 0.241. The van der Waals surface area contributed by atoms with Crippen LogP contribution in [-0.2, 0) is 32.0 Å². The summed E-state index contributed by atoms with van der Waals surface area (Å²) in [6, 6.07) is 9.11. The van der Waals surface area contributed by atoms with E-state index in [4.69, 9.17) is 9.47 Å². The number of aromatic amines is 1. The second kappa shape index (κ2) is 12.3. The fraction of sp³-hybridized carbons (Fsp3) is 0.421. The number of ether oxygens (including phenoxy) is 2. The molecule has 5 N–H and O–H groups in total. The van der Waals surface area contributed by atoms with Gasteiger partial charge in [-0.05, 0) is 18.6 Å². The minimum atomic E-state index is -5.20. The molecule has 1 aliphatic rings. The SMILES string of the molecule is CCCOP(=O)(O)OP(=O)(O)OC[C@H]1O[C@@H](n2ccc(=O)[nH]c2=O)[C@@H](OC(=O)Nc2ccccc2)C1O. The molecule has 1 amide bonds. The lowest BCUT2D eigenvalue weighted by Crippen LogP contribution is -2.41. The van der Waals surface area contributed by atoms with E-state index in [1.807, 2.05) is 4.98 Å². The van der Waals surface area contributed by atoms with E-state index in [0.29, 0.717) is 12.1 Å². The number of anilines is 1. The number of aliphatic hydroxyl groups is 1. The number of phosphoric acid groups is 2. The standard InChI is InChI=1S/C19H25N3O13P2/c1-2-10-31-36(27,28)35-37(29,30)32-11-13-15(24)16(34-19(26)20-12-6-4-3-5-7-12)17(33-13)22-9-8-14(23)21-18(22)25/h3-9,13,15-17,24H,2,10-11H2,1H3,(H,20,26)(H,27,28)(H,29,30)(H,21,23,25)/t13-,15?,16+,17-/m1/s1. The number of carbonyl (C=O) groups excluding carboxylic acids is 1. The summed E-state index contributed by atoms with van der Waals surface area (Å²) in [5.41, 5.74) is -1.33. The summed E-state index contributed by atoms with van der Waals surface area (Å²) in [6.07, 6.45) is -6.01. The largest absolute Gasteiger partial charge is 0.481 e. The van der Waals surface area contributed by atoms with Gasteiger partial charge in [-0.3, -0.25) is 28.7 Å². The van der Waals surface area contributed by atoms with Gasteiger partial charge in [0.05, 0.1) is 13.2 Å². The zero-order valence-corrected chi connectivity index (χ0v) is 21.0. The highest BCUT2D eigenvalue weighted by Gasteiger charge is 2.49. The molecule has 3 unspecified atom stereocenters. The van der Waals surface area contributed by atoms with E-state index in [1.165, 1.54) is 0 Å². The molecule has 16 nitrogen and oxygen atoms in total. The van der Waals surface area contributed by atoms with Crippen molar-refractivity contribution in [3.05, 3.63) is 63.4 Å². The molecule has 0 bridgehead atoms. The molecule has 3 rings (SSSR count). The Morgan fingerprint density at radius 1 is 1.14 bits per heavy atom. The summed E-state index contributed by atoms with van der Waals surface area (Å²) in [6.45, 7) is 0.478. The lowest BCUT2D eigenvalue weighted by Gasteiger charge is -2.22. The van der Waals surface area contributed by atoms with Gasteiger partial charge in [-0.25, -0.2) is 18.7 Å². The Hall–Kier alpha value is -2.65. The molecule has 204 valence electrons. The molecule has 1 fully saturated rings. The molecular formula is C19H25N3O13P2. The van der Waals surface area contributed by atoms with Gasteiger partial charge >= 0.3 is 27.4 Å². The summed E-state index contributed by atoms with van der Waals surface area (Å²) in [7, 11) is -10.1. The molecule has 0 spiro atoms. The van der Waals surface area contributed by atoms with Crippen LogP contribution in [0.5, 0.6) is 0 Å². The van der Waals surface area contributed by atoms with Crippen molar-refractivity contribution in [2.45, 2.75) is 37.9 Å². The third-order valence-electron chi connectivity index (χ3n) is 4.77. The van der Waals surface area contributed by atoms with Crippen molar-refractivity contribution in [2.75, 3.05) is 18.5 Å². The van der Waals surface area contributed by atoms with Crippen LogP contribution in [0.1, 0.15) is 19.6 Å². The first kappa shape index (κ1) is 28.9. The number of aromatic nitrogens is 2. The summed E-state index contributed by atoms with van der Waals surface area (Å²) in [4.78, 5) is 57.5. The lowest BCUT2D eigenvalue weighted by atomic mass is 10.1. The Balaban J connectivity index is 1.76. The van der Waals surface area contributed by atoms with E-state index in [9.17, 15) is 38.4 Å². The molecule has 1 saturated heterocycles. The highest BCUT2D eigenvalue weighted by Crippen LogP contribution is 2.60. The zero-order chi connectivity index (χ0) is 27.2. The summed E-state index contributed by atoms with van der Waals surface area (Å²) in [5, 5.41) is 13.2. The van der Waals surface area contributed by atoms with E-state index in [1.54, 1.807) is 37.3 Å². The number of hydrogen-bond donors (Lipinski definition) is 5. The summed E-state index contributed by atoms with van der Waals surface area (Å²) < 4.78 is 48.9. The van der Waals surface area contributed by atoms with Crippen molar-refractivity contribution in [2.24, 2.45) is 0 Å². The molecule has 18 heteroatoms. The predicted molar refractivity (Wildman–Crippen MR) is 125 cm³/mol. The van der Waals surface area contributed by atoms with E-state index < -0.39 is 64.1 Å². The number of aliphatic hydroxyl groups excluding tert-OH is 1. The van der Waals surface area contributed by atoms with Gasteiger partial charge < -0.3 is 24.4 Å². The van der Waals surface area contributed by atoms with Crippen LogP contribution in [-0.4, -0.2) is 62.1 Å². The van der Waals surface area contributed by atoms with Gasteiger partial charge in [-0.2, -0.15) is 4.31 Å². The maximum Gasteiger partial charge on any atom is 0.481 e. The zero-order valence-electron chi connectivity index (χ0n) is 19.2. The van der Waals surface area contributed by atoms with Crippen molar-refractivity contribution in [1.29, 1.82) is 0 Å². The van der Waals surface area contributed by atoms with Gasteiger partial charge in [0.1, 0.15) is 12.2 Å². The topological polar surface area (TPSA) is 225 Å². The first-order chi connectivity index (χ1) is 17.4. The number of para-hydroxylation sites is 1. The van der Waals surface area contributed by atoms with Gasteiger partial charge in [-0.15, -0.1) is 0 Å². The minimum absolute atomic E-state index is 0.238. The average molecular weight is 565 g/mol. The molecular weight excluding hydrogens is 540 g/mol. The Morgan fingerprint density at radius 3 is 2.46 bits per heavy atom. The molecule has 0 radical (unpaired) electrons. The van der Waals surface area contributed by atoms with Crippen molar-refractivity contribution in [3.63, 3.8) is 0 Å². The normalized spacial score (nSPS) is 24.6. The average Bonchev–Trinajstić information content (AvgIpc) is 3.11. The van der Waals surface area contributed by atoms with Crippen LogP contribution in [0.15, 0.2) is 52.2 Å². The van der Waals surface area contributed by atoms with E-state index >= 15 is 0 Å². The Labute approximate surface area is 209 Å². The number of nitrogens with one attached hydrogen (secondary N) is 2. The van der Waals surface area contributed by atoms with Gasteiger partial charge in [0.15, 0.2) is 12.3 Å². The van der Waals surface area contributed by atoms with Crippen LogP contribution in [0.2, 0.25) is 0 Å². The number of benzene rings is 1. The molecule has 1 aromatic heterocycles. The molecule has 2 aromatic rings. The summed E-state index contributed by atoms with van der Waals surface area (Å²) in [5.74, 6) is 0. The van der Waals surface area contributed by atoms with Crippen LogP contribution < -0.4 is 16.6 Å². The van der Waals surface area contributed by atoms with E-state index in [-0.39, 0.29) is 6.61 Å². The van der Waals surface area contributed by atoms with Gasteiger partial charge in [0.2, 0.25) is 0 Å². The molecule has 1 aliphatic heterocycles. The fourth-order valence-electron chi connectivity index (χ4n) is 3.18. The Morgan fingerprint density at radius 2 is 1.81 bits per heavy atom. The van der Waals surface area contributed by atoms with Crippen molar-refractivity contribution in [1.82, 2.24) is 9.55 Å². The molecule has 2 heterocycles. The number of amides is 1. The minimum Gasteiger partial charge on any atom is -0.438 e. The molecule has 1 aromatic carbocycles. The Kier molecular flexibility index (Phi) is 9.58. The number of phosphoric ester groups is 2. The van der Waals surface area contributed by atoms with Crippen LogP contribution in [0.25, 0.3) is 0 Å². The van der Waals surface area contributed by atoms with E-state index in [0.717, 1.165) is 16.8 Å². The van der Waals surface area contributed by atoms with Crippen molar-refractivity contribution in [3.8, 4) is 0 Å². The van der Waals surface area contributed by atoms with Crippen LogP contribution in [0, 0.1) is 0 Å². The van der Waals surface area contributed by atoms with Crippen LogP contribution in [0.4, 0.5) is 10.5 Å². The van der Waals surface area contributed by atoms with Crippen LogP contribution >= 0.6 is 15.6 Å². The first-order valence-electron chi connectivity index (χ1n) is 10.7. The highest BCUT2D eigenvalue weighted by atomic mass is 31.3. The third-order valence-corrected chi connectivity index (χ3v) is 7.40. The molecule has 37 heavy (non-hydrogen) atoms. The number of carbonyl (C=O) groups is 1. The second-order valence-electron chi connectivity index (χ2n) is 7.58. The van der Waals surface area contributed by atoms with Crippen molar-refractivity contribution >= 4 is 27.4 Å². The summed E-state index contributed by atoms with van der Waals surface area (Å²) >= 11 is 0. The van der Waals surface area contributed by atoms with Gasteiger partial charge in [0.25, 0.3) is 5.56 Å². The first-order valence-corrected chi connectivity index (χ1v) is 13.7. The number of H-pyrrole nitrogens is 1. The number of rotatable bonds is 11. The number of nitrogens with zero attached hydrogens (tertiary/aromatic N) is 1. The van der Waals surface area contributed by atoms with E-state index in [2.05, 4.69) is 18.7 Å². The van der Waals surface area contributed by atoms with Gasteiger partial charge in [0, 0.05) is 18.0 Å². The van der Waals surface area contributed by atoms with Gasteiger partial charge in [-0.1, -0.05) is 25.1 Å². The molecule has 0 saturated carbocycles. The molecule has 0 aliphatic carbocycles. The monoisotopic (exact) mass is 565 g/mol. The fourth-order valence-corrected chi connectivity index (χ4v) is 5.35. The lowest BCUT2D eigenvalue weighted by molar-refractivity contribution is -0.0552. The van der Waals surface area contributed by atoms with Crippen LogP contribution in [0.3, 0.4) is 0 Å². The van der Waals surface area contributed by atoms with Crippen molar-refractivity contribution < 1.29 is 51.6 Å². The smallest absolute Gasteiger partial charge is 0.438 e. The Bertz CT molecular complexity index is 1280. The third kappa shape index (κ3) is 8.17. The molecule has 6 atom stereocenters. The maximum atomic E-state index is 12.4. The number of hydrogen-bond acceptors (Lipinski definition) is 11. The second-order valence-corrected chi connectivity index (χ2v) is 10.6.